The summed E-state index contributed by atoms with van der Waals surface area (Å²) in [6.07, 6.45) is 2.47. The van der Waals surface area contributed by atoms with Gasteiger partial charge in [0.15, 0.2) is 0 Å². The highest BCUT2D eigenvalue weighted by molar-refractivity contribution is 5.53. The van der Waals surface area contributed by atoms with E-state index in [0.29, 0.717) is 6.04 Å². The lowest BCUT2D eigenvalue weighted by molar-refractivity contribution is 0.646. The first-order valence-corrected chi connectivity index (χ1v) is 5.77. The Morgan fingerprint density at radius 1 is 1.20 bits per heavy atom. The molecule has 0 heterocycles. The molecule has 2 N–H and O–H groups in total. The van der Waals surface area contributed by atoms with Crippen LogP contribution in [0.15, 0.2) is 24.3 Å². The number of hydrogen-bond donors (Lipinski definition) is 1. The largest absolute Gasteiger partial charge is 0.399 e. The van der Waals surface area contributed by atoms with Crippen molar-refractivity contribution in [3.63, 3.8) is 0 Å². The lowest BCUT2D eigenvalue weighted by Crippen LogP contribution is -2.31. The number of hydrogen-bond acceptors (Lipinski definition) is 2. The molecule has 0 aliphatic rings. The van der Waals surface area contributed by atoms with Crippen molar-refractivity contribution in [2.75, 3.05) is 17.2 Å². The number of anilines is 2. The van der Waals surface area contributed by atoms with Crippen LogP contribution in [0, 0.1) is 0 Å². The molecule has 0 amide bonds. The van der Waals surface area contributed by atoms with E-state index >= 15 is 0 Å². The molecule has 1 aromatic rings. The van der Waals surface area contributed by atoms with E-state index < -0.39 is 0 Å². The molecule has 0 aliphatic heterocycles. The molecule has 0 radical (unpaired) electrons. The van der Waals surface area contributed by atoms with E-state index in [-0.39, 0.29) is 0 Å². The molecule has 15 heavy (non-hydrogen) atoms. The smallest absolute Gasteiger partial charge is 0.0370 e. The second-order valence-electron chi connectivity index (χ2n) is 4.23. The van der Waals surface area contributed by atoms with E-state index in [1.54, 1.807) is 0 Å². The number of benzene rings is 1. The summed E-state index contributed by atoms with van der Waals surface area (Å²) in [5.41, 5.74) is 7.79. The minimum absolute atomic E-state index is 0.542. The van der Waals surface area contributed by atoms with Gasteiger partial charge in [-0.05, 0) is 44.5 Å². The van der Waals surface area contributed by atoms with Crippen LogP contribution in [0.1, 0.15) is 33.6 Å². The van der Waals surface area contributed by atoms with Crippen molar-refractivity contribution < 1.29 is 0 Å². The summed E-state index contributed by atoms with van der Waals surface area (Å²) >= 11 is 0. The standard InChI is InChI=1S/C13H22N2/c1-4-5-10-15(11(2)3)13-8-6-12(14)7-9-13/h6-9,11H,4-5,10,14H2,1-3H3. The van der Waals surface area contributed by atoms with Crippen molar-refractivity contribution in [2.24, 2.45) is 0 Å². The average molecular weight is 206 g/mol. The molecular formula is C13H22N2. The molecule has 0 saturated carbocycles. The second kappa shape index (κ2) is 5.64. The predicted octanol–water partition coefficient (Wildman–Crippen LogP) is 3.28. The Hall–Kier alpha value is -1.18. The fraction of sp³-hybridized carbons (Fsp3) is 0.538. The van der Waals surface area contributed by atoms with Gasteiger partial charge in [0.25, 0.3) is 0 Å². The van der Waals surface area contributed by atoms with Crippen LogP contribution in [0.5, 0.6) is 0 Å². The summed E-state index contributed by atoms with van der Waals surface area (Å²) in [5.74, 6) is 0. The summed E-state index contributed by atoms with van der Waals surface area (Å²) in [5, 5.41) is 0. The van der Waals surface area contributed by atoms with Crippen LogP contribution in [0.3, 0.4) is 0 Å². The maximum Gasteiger partial charge on any atom is 0.0370 e. The fourth-order valence-corrected chi connectivity index (χ4v) is 1.68. The zero-order valence-electron chi connectivity index (χ0n) is 10.0. The summed E-state index contributed by atoms with van der Waals surface area (Å²) in [6.45, 7) is 7.80. The average Bonchev–Trinajstić information content (AvgIpc) is 2.21. The summed E-state index contributed by atoms with van der Waals surface area (Å²) in [6, 6.07) is 8.68. The summed E-state index contributed by atoms with van der Waals surface area (Å²) in [4.78, 5) is 2.42. The van der Waals surface area contributed by atoms with E-state index in [1.807, 2.05) is 12.1 Å². The van der Waals surface area contributed by atoms with E-state index in [4.69, 9.17) is 5.73 Å². The Morgan fingerprint density at radius 3 is 2.27 bits per heavy atom. The van der Waals surface area contributed by atoms with E-state index in [2.05, 4.69) is 37.8 Å². The molecule has 0 unspecified atom stereocenters. The molecule has 2 nitrogen and oxygen atoms in total. The van der Waals surface area contributed by atoms with E-state index in [9.17, 15) is 0 Å². The Labute approximate surface area is 93.1 Å². The number of nitrogens with zero attached hydrogens (tertiary/aromatic N) is 1. The van der Waals surface area contributed by atoms with Crippen LogP contribution in [0.4, 0.5) is 11.4 Å². The molecule has 0 spiro atoms. The van der Waals surface area contributed by atoms with Gasteiger partial charge in [-0.3, -0.25) is 0 Å². The first kappa shape index (κ1) is 11.9. The number of unbranched alkanes of at least 4 members (excludes halogenated alkanes) is 1. The minimum atomic E-state index is 0.542. The molecule has 0 fully saturated rings. The van der Waals surface area contributed by atoms with Crippen LogP contribution in [0.25, 0.3) is 0 Å². The molecule has 0 bridgehead atoms. The van der Waals surface area contributed by atoms with Crippen LogP contribution >= 0.6 is 0 Å². The van der Waals surface area contributed by atoms with Crippen LogP contribution in [-0.4, -0.2) is 12.6 Å². The van der Waals surface area contributed by atoms with Crippen molar-refractivity contribution >= 4 is 11.4 Å². The third-order valence-corrected chi connectivity index (χ3v) is 2.60. The first-order valence-electron chi connectivity index (χ1n) is 5.77. The van der Waals surface area contributed by atoms with Crippen LogP contribution < -0.4 is 10.6 Å². The molecule has 84 valence electrons. The highest BCUT2D eigenvalue weighted by atomic mass is 15.1. The van der Waals surface area contributed by atoms with Gasteiger partial charge in [-0.1, -0.05) is 13.3 Å². The van der Waals surface area contributed by atoms with Gasteiger partial charge in [0.2, 0.25) is 0 Å². The van der Waals surface area contributed by atoms with Gasteiger partial charge in [0, 0.05) is 24.0 Å². The molecule has 0 saturated heterocycles. The van der Waals surface area contributed by atoms with Crippen molar-refractivity contribution in [1.29, 1.82) is 0 Å². The maximum absolute atomic E-state index is 5.68. The second-order valence-corrected chi connectivity index (χ2v) is 4.23. The van der Waals surface area contributed by atoms with Crippen molar-refractivity contribution in [3.05, 3.63) is 24.3 Å². The third kappa shape index (κ3) is 3.46. The predicted molar refractivity (Wildman–Crippen MR) is 68.2 cm³/mol. The zero-order chi connectivity index (χ0) is 11.3. The Bertz CT molecular complexity index is 277. The Balaban J connectivity index is 2.74. The molecule has 1 rings (SSSR count). The van der Waals surface area contributed by atoms with E-state index in [0.717, 1.165) is 12.2 Å². The quantitative estimate of drug-likeness (QED) is 0.749. The molecule has 2 heteroatoms. The molecule has 0 aromatic heterocycles. The van der Waals surface area contributed by atoms with Gasteiger partial charge in [0.1, 0.15) is 0 Å². The van der Waals surface area contributed by atoms with Gasteiger partial charge in [0.05, 0.1) is 0 Å². The Kier molecular flexibility index (Phi) is 4.47. The highest BCUT2D eigenvalue weighted by Gasteiger charge is 2.08. The molecule has 0 aliphatic carbocycles. The lowest BCUT2D eigenvalue weighted by atomic mass is 10.2. The maximum atomic E-state index is 5.68. The SMILES string of the molecule is CCCCN(c1ccc(N)cc1)C(C)C. The first-order chi connectivity index (χ1) is 7.15. The summed E-state index contributed by atoms with van der Waals surface area (Å²) < 4.78 is 0. The third-order valence-electron chi connectivity index (χ3n) is 2.60. The van der Waals surface area contributed by atoms with Crippen LogP contribution in [-0.2, 0) is 0 Å². The van der Waals surface area contributed by atoms with Gasteiger partial charge in [-0.25, -0.2) is 0 Å². The fourth-order valence-electron chi connectivity index (χ4n) is 1.68. The zero-order valence-corrected chi connectivity index (χ0v) is 10.0. The number of nitrogen functional groups attached to an aromatic ring is 1. The van der Waals surface area contributed by atoms with Crippen LogP contribution in [0.2, 0.25) is 0 Å². The van der Waals surface area contributed by atoms with Crippen molar-refractivity contribution in [1.82, 2.24) is 0 Å². The number of rotatable bonds is 5. The molecular weight excluding hydrogens is 184 g/mol. The number of nitrogens with two attached hydrogens (primary N) is 1. The lowest BCUT2D eigenvalue weighted by Gasteiger charge is -2.29. The Morgan fingerprint density at radius 2 is 1.80 bits per heavy atom. The highest BCUT2D eigenvalue weighted by Crippen LogP contribution is 2.19. The monoisotopic (exact) mass is 206 g/mol. The van der Waals surface area contributed by atoms with Gasteiger partial charge < -0.3 is 10.6 Å². The topological polar surface area (TPSA) is 29.3 Å². The van der Waals surface area contributed by atoms with Gasteiger partial charge in [-0.15, -0.1) is 0 Å². The molecule has 0 atom stereocenters. The van der Waals surface area contributed by atoms with Gasteiger partial charge in [-0.2, -0.15) is 0 Å². The minimum Gasteiger partial charge on any atom is -0.399 e. The van der Waals surface area contributed by atoms with Crippen molar-refractivity contribution in [2.45, 2.75) is 39.7 Å². The van der Waals surface area contributed by atoms with Gasteiger partial charge >= 0.3 is 0 Å². The van der Waals surface area contributed by atoms with E-state index in [1.165, 1.54) is 18.5 Å². The van der Waals surface area contributed by atoms with Crippen molar-refractivity contribution in [3.8, 4) is 0 Å². The normalized spacial score (nSPS) is 10.7. The molecule has 1 aromatic carbocycles. The summed E-state index contributed by atoms with van der Waals surface area (Å²) in [7, 11) is 0.